The van der Waals surface area contributed by atoms with Crippen LogP contribution in [0.25, 0.3) is 0 Å². The summed E-state index contributed by atoms with van der Waals surface area (Å²) in [6, 6.07) is 0. The molecule has 1 spiro atoms. The third-order valence-electron chi connectivity index (χ3n) is 12.0. The molecule has 6 heteroatoms. The number of carboxylic acids is 1. The molecule has 2 amide bonds. The van der Waals surface area contributed by atoms with E-state index >= 15 is 0 Å². The van der Waals surface area contributed by atoms with Crippen molar-refractivity contribution in [2.75, 3.05) is 33.7 Å². The van der Waals surface area contributed by atoms with E-state index in [-0.39, 0.29) is 52.2 Å². The third-order valence-corrected chi connectivity index (χ3v) is 12.0. The monoisotopic (exact) mass is 499 g/mol. The first kappa shape index (κ1) is 25.9. The van der Waals surface area contributed by atoms with Gasteiger partial charge in [0.1, 0.15) is 0 Å². The first-order chi connectivity index (χ1) is 16.7. The normalized spacial score (nSPS) is 43.8. The maximum atomic E-state index is 14.1. The molecule has 1 saturated heterocycles. The number of amides is 2. The average Bonchev–Trinajstić information content (AvgIpc) is 3.08. The van der Waals surface area contributed by atoms with Crippen LogP contribution in [-0.4, -0.2) is 66.0 Å². The van der Waals surface area contributed by atoms with Gasteiger partial charge in [-0.25, -0.2) is 0 Å². The maximum Gasteiger partial charge on any atom is 0.309 e. The molecule has 0 aromatic rings. The topological polar surface area (TPSA) is 74.7 Å². The molecule has 4 unspecified atom stereocenters. The van der Waals surface area contributed by atoms with Crippen LogP contribution < -0.4 is 0 Å². The highest BCUT2D eigenvalue weighted by atomic mass is 16.4. The van der Waals surface area contributed by atoms with Gasteiger partial charge in [-0.2, -0.15) is 0 Å². The number of imide groups is 1. The lowest BCUT2D eigenvalue weighted by molar-refractivity contribution is -0.887. The molecule has 1 N–H and O–H groups in total. The van der Waals surface area contributed by atoms with E-state index < -0.39 is 11.4 Å². The van der Waals surface area contributed by atoms with E-state index in [0.29, 0.717) is 12.5 Å². The van der Waals surface area contributed by atoms with Gasteiger partial charge in [0.15, 0.2) is 0 Å². The van der Waals surface area contributed by atoms with Crippen molar-refractivity contribution in [2.24, 2.45) is 51.8 Å². The Labute approximate surface area is 217 Å². The van der Waals surface area contributed by atoms with Gasteiger partial charge >= 0.3 is 5.97 Å². The summed E-state index contributed by atoms with van der Waals surface area (Å²) in [5.74, 6) is -0.236. The number of hydrogen-bond donors (Lipinski definition) is 1. The molecule has 2 bridgehead atoms. The number of fused-ring (bicyclic) bond motifs is 1. The van der Waals surface area contributed by atoms with E-state index in [1.807, 2.05) is 6.92 Å². The van der Waals surface area contributed by atoms with Crippen molar-refractivity contribution in [3.8, 4) is 0 Å². The number of likely N-dealkylation sites (N-methyl/N-ethyl adjacent to an activating group) is 1. The first-order valence-electron chi connectivity index (χ1n) is 14.4. The van der Waals surface area contributed by atoms with Gasteiger partial charge in [-0.1, -0.05) is 38.8 Å². The van der Waals surface area contributed by atoms with Crippen LogP contribution in [0.2, 0.25) is 0 Å². The van der Waals surface area contributed by atoms with Crippen LogP contribution in [0.5, 0.6) is 0 Å². The number of carbonyl (C=O) groups is 3. The summed E-state index contributed by atoms with van der Waals surface area (Å²) >= 11 is 0. The molecule has 0 aromatic carbocycles. The highest BCUT2D eigenvalue weighted by molar-refractivity contribution is 6.06. The van der Waals surface area contributed by atoms with Crippen LogP contribution in [0.4, 0.5) is 0 Å². The van der Waals surface area contributed by atoms with Gasteiger partial charge in [-0.3, -0.25) is 19.3 Å². The number of allylic oxidation sites excluding steroid dienone is 2. The van der Waals surface area contributed by atoms with Crippen LogP contribution in [0.15, 0.2) is 11.6 Å². The molecule has 4 fully saturated rings. The van der Waals surface area contributed by atoms with Crippen molar-refractivity contribution in [2.45, 2.75) is 73.1 Å². The van der Waals surface area contributed by atoms with Crippen molar-refractivity contribution in [1.29, 1.82) is 0 Å². The summed E-state index contributed by atoms with van der Waals surface area (Å²) in [4.78, 5) is 42.2. The lowest BCUT2D eigenvalue weighted by Crippen LogP contribution is -2.65. The quantitative estimate of drug-likeness (QED) is 0.329. The minimum absolute atomic E-state index is 0.0497. The summed E-state index contributed by atoms with van der Waals surface area (Å²) < 4.78 is 0.784. The molecule has 3 saturated carbocycles. The highest BCUT2D eigenvalue weighted by Crippen LogP contribution is 2.74. The van der Waals surface area contributed by atoms with Crippen LogP contribution in [0.1, 0.15) is 73.1 Å². The fraction of sp³-hybridized carbons (Fsp3) is 0.833. The Balaban J connectivity index is 1.57. The SMILES string of the molecule is CC[N+](C)(C)CCN1C(=O)C2C3C[C@H]4C(C=C3C(C)C)(CC[C@@H]3[C@]4(C)CCC[C@@]3(C)C(=O)O)C2C1=O. The second kappa shape index (κ2) is 8.15. The van der Waals surface area contributed by atoms with Gasteiger partial charge < -0.3 is 9.59 Å². The summed E-state index contributed by atoms with van der Waals surface area (Å²) in [5.41, 5.74) is 0.223. The number of aliphatic carboxylic acids is 1. The Kier molecular flexibility index (Phi) is 5.87. The van der Waals surface area contributed by atoms with Crippen molar-refractivity contribution >= 4 is 17.8 Å². The number of likely N-dealkylation sites (tertiary alicyclic amines) is 1. The smallest absolute Gasteiger partial charge is 0.309 e. The second-order valence-corrected chi connectivity index (χ2v) is 14.3. The number of hydrogen-bond acceptors (Lipinski definition) is 3. The Bertz CT molecular complexity index is 1020. The Morgan fingerprint density at radius 3 is 2.44 bits per heavy atom. The number of carboxylic acid groups (broad SMARTS) is 1. The zero-order valence-corrected chi connectivity index (χ0v) is 23.5. The second-order valence-electron chi connectivity index (χ2n) is 14.3. The molecule has 0 aromatic heterocycles. The Morgan fingerprint density at radius 1 is 1.14 bits per heavy atom. The molecule has 6 nitrogen and oxygen atoms in total. The number of rotatable bonds is 6. The minimum atomic E-state index is -0.708. The van der Waals surface area contributed by atoms with Crippen LogP contribution in [0.3, 0.4) is 0 Å². The van der Waals surface area contributed by atoms with Gasteiger partial charge in [0, 0.05) is 5.41 Å². The average molecular weight is 500 g/mol. The van der Waals surface area contributed by atoms with Gasteiger partial charge in [0.2, 0.25) is 11.8 Å². The highest BCUT2D eigenvalue weighted by Gasteiger charge is 2.73. The molecular formula is C30H47N2O4+. The van der Waals surface area contributed by atoms with E-state index in [0.717, 1.165) is 56.1 Å². The number of quaternary nitrogens is 1. The van der Waals surface area contributed by atoms with Crippen LogP contribution in [0, 0.1) is 51.8 Å². The lowest BCUT2D eigenvalue weighted by atomic mass is 9.34. The maximum absolute atomic E-state index is 14.1. The summed E-state index contributed by atoms with van der Waals surface area (Å²) in [5, 5.41) is 10.3. The molecule has 8 atom stereocenters. The fourth-order valence-electron chi connectivity index (χ4n) is 9.77. The van der Waals surface area contributed by atoms with Gasteiger partial charge in [0.05, 0.1) is 51.0 Å². The van der Waals surface area contributed by atoms with Gasteiger partial charge in [0.25, 0.3) is 0 Å². The van der Waals surface area contributed by atoms with Crippen LogP contribution in [-0.2, 0) is 14.4 Å². The third kappa shape index (κ3) is 3.28. The van der Waals surface area contributed by atoms with Crippen LogP contribution >= 0.6 is 0 Å². The Morgan fingerprint density at radius 2 is 1.83 bits per heavy atom. The summed E-state index contributed by atoms with van der Waals surface area (Å²) in [6.45, 7) is 13.1. The predicted molar refractivity (Wildman–Crippen MR) is 139 cm³/mol. The lowest BCUT2D eigenvalue weighted by Gasteiger charge is -2.68. The molecule has 6 aliphatic rings. The standard InChI is InChI=1S/C30H46N2O4/c1-8-32(6,7)15-14-31-25(33)23-19-16-22-28(4)11-9-12-29(5,27(35)36)21(28)10-13-30(22,24(23)26(31)34)17-20(19)18(2)3/h17-19,21-24H,8-16H2,1-7H3/p+1/t19?,21-,22-,23?,24?,28+,29-,30?/m1/s1. The van der Waals surface area contributed by atoms with Gasteiger partial charge in [-0.05, 0) is 75.0 Å². The summed E-state index contributed by atoms with van der Waals surface area (Å²) in [6.07, 6.45) is 7.73. The van der Waals surface area contributed by atoms with E-state index in [4.69, 9.17) is 0 Å². The number of nitrogens with zero attached hydrogens (tertiary/aromatic N) is 2. The Hall–Kier alpha value is -1.69. The van der Waals surface area contributed by atoms with E-state index in [1.54, 1.807) is 4.90 Å². The molecule has 0 radical (unpaired) electrons. The van der Waals surface area contributed by atoms with Crippen molar-refractivity contribution in [3.05, 3.63) is 11.6 Å². The van der Waals surface area contributed by atoms with E-state index in [9.17, 15) is 19.5 Å². The van der Waals surface area contributed by atoms with Crippen molar-refractivity contribution < 1.29 is 24.0 Å². The van der Waals surface area contributed by atoms with Gasteiger partial charge in [-0.15, -0.1) is 0 Å². The molecule has 200 valence electrons. The molecular weight excluding hydrogens is 452 g/mol. The molecule has 1 heterocycles. The largest absolute Gasteiger partial charge is 0.481 e. The first-order valence-corrected chi connectivity index (χ1v) is 14.4. The fourth-order valence-corrected chi connectivity index (χ4v) is 9.77. The van der Waals surface area contributed by atoms with E-state index in [1.165, 1.54) is 5.57 Å². The van der Waals surface area contributed by atoms with Crippen molar-refractivity contribution in [1.82, 2.24) is 4.90 Å². The zero-order valence-electron chi connectivity index (χ0n) is 23.5. The minimum Gasteiger partial charge on any atom is -0.481 e. The molecule has 36 heavy (non-hydrogen) atoms. The predicted octanol–water partition coefficient (Wildman–Crippen LogP) is 4.59. The molecule has 5 aliphatic carbocycles. The van der Waals surface area contributed by atoms with E-state index in [2.05, 4.69) is 47.9 Å². The number of carbonyl (C=O) groups excluding carboxylic acids is 2. The van der Waals surface area contributed by atoms with Crippen molar-refractivity contribution in [3.63, 3.8) is 0 Å². The summed E-state index contributed by atoms with van der Waals surface area (Å²) in [7, 11) is 4.30. The zero-order chi connectivity index (χ0) is 26.4. The molecule has 1 aliphatic heterocycles. The molecule has 6 rings (SSSR count).